The van der Waals surface area contributed by atoms with E-state index in [1.54, 1.807) is 16.7 Å². The molecule has 0 saturated heterocycles. The highest BCUT2D eigenvalue weighted by Gasteiger charge is 2.10. The van der Waals surface area contributed by atoms with Crippen LogP contribution in [0.5, 0.6) is 0 Å². The molecule has 2 aromatic heterocycles. The van der Waals surface area contributed by atoms with Crippen LogP contribution in [0.2, 0.25) is 0 Å². The molecule has 4 nitrogen and oxygen atoms in total. The Morgan fingerprint density at radius 1 is 1.32 bits per heavy atom. The summed E-state index contributed by atoms with van der Waals surface area (Å²) >= 11 is 3.39. The number of carbonyl (C=O) groups is 1. The highest BCUT2D eigenvalue weighted by Crippen LogP contribution is 2.20. The maximum absolute atomic E-state index is 13.1. The smallest absolute Gasteiger partial charge is 0.230 e. The van der Waals surface area contributed by atoms with Gasteiger partial charge in [-0.25, -0.2) is 9.37 Å². The van der Waals surface area contributed by atoms with Crippen LogP contribution in [0.4, 0.5) is 10.1 Å². The van der Waals surface area contributed by atoms with E-state index in [4.69, 9.17) is 0 Å². The minimum atomic E-state index is -0.341. The molecule has 6 heteroatoms. The highest BCUT2D eigenvalue weighted by atomic mass is 79.9. The second-order valence-corrected chi connectivity index (χ2v) is 5.94. The zero-order valence-corrected chi connectivity index (χ0v) is 13.4. The largest absolute Gasteiger partial charge is 0.326 e. The summed E-state index contributed by atoms with van der Waals surface area (Å²) in [6.45, 7) is 1.92. The number of fused-ring (bicyclic) bond motifs is 1. The Morgan fingerprint density at radius 3 is 2.91 bits per heavy atom. The zero-order valence-electron chi connectivity index (χ0n) is 11.8. The fraction of sp³-hybridized carbons (Fsp3) is 0.125. The van der Waals surface area contributed by atoms with Gasteiger partial charge in [0.1, 0.15) is 11.5 Å². The van der Waals surface area contributed by atoms with E-state index in [1.165, 1.54) is 12.3 Å². The van der Waals surface area contributed by atoms with Crippen molar-refractivity contribution in [3.8, 4) is 0 Å². The second kappa shape index (κ2) is 5.88. The monoisotopic (exact) mass is 361 g/mol. The molecule has 0 saturated carbocycles. The van der Waals surface area contributed by atoms with Gasteiger partial charge in [0.15, 0.2) is 0 Å². The average Bonchev–Trinajstić information content (AvgIpc) is 2.83. The molecule has 0 unspecified atom stereocenters. The van der Waals surface area contributed by atoms with Crippen molar-refractivity contribution in [2.45, 2.75) is 13.3 Å². The van der Waals surface area contributed by atoms with Crippen LogP contribution in [0, 0.1) is 12.7 Å². The molecule has 0 aliphatic carbocycles. The predicted molar refractivity (Wildman–Crippen MR) is 86.4 cm³/mol. The summed E-state index contributed by atoms with van der Waals surface area (Å²) in [4.78, 5) is 16.4. The fourth-order valence-electron chi connectivity index (χ4n) is 2.23. The number of hydrogen-bond donors (Lipinski definition) is 1. The van der Waals surface area contributed by atoms with E-state index in [9.17, 15) is 9.18 Å². The molecule has 3 aromatic rings. The lowest BCUT2D eigenvalue weighted by molar-refractivity contribution is -0.115. The zero-order chi connectivity index (χ0) is 15.7. The first-order valence-electron chi connectivity index (χ1n) is 6.70. The molecule has 22 heavy (non-hydrogen) atoms. The molecule has 0 bridgehead atoms. The first-order valence-corrected chi connectivity index (χ1v) is 7.50. The van der Waals surface area contributed by atoms with Crippen molar-refractivity contribution in [3.05, 3.63) is 64.3 Å². The highest BCUT2D eigenvalue weighted by molar-refractivity contribution is 9.10. The summed E-state index contributed by atoms with van der Waals surface area (Å²) in [5, 5.41) is 2.86. The van der Waals surface area contributed by atoms with Crippen molar-refractivity contribution in [3.63, 3.8) is 0 Å². The second-order valence-electron chi connectivity index (χ2n) is 5.03. The first kappa shape index (κ1) is 14.7. The third-order valence-electron chi connectivity index (χ3n) is 3.27. The van der Waals surface area contributed by atoms with Crippen LogP contribution in [0.25, 0.3) is 5.65 Å². The maximum Gasteiger partial charge on any atom is 0.230 e. The maximum atomic E-state index is 13.1. The SMILES string of the molecule is Cc1cc(Br)ccc1NC(=O)Cc1cn2cc(F)ccc2n1. The Morgan fingerprint density at radius 2 is 2.14 bits per heavy atom. The summed E-state index contributed by atoms with van der Waals surface area (Å²) in [6.07, 6.45) is 3.13. The fourth-order valence-corrected chi connectivity index (χ4v) is 2.70. The van der Waals surface area contributed by atoms with Gasteiger partial charge >= 0.3 is 0 Å². The molecule has 0 radical (unpaired) electrons. The number of nitrogens with zero attached hydrogens (tertiary/aromatic N) is 2. The summed E-state index contributed by atoms with van der Waals surface area (Å²) in [6, 6.07) is 8.57. The lowest BCUT2D eigenvalue weighted by Crippen LogP contribution is -2.15. The Balaban J connectivity index is 1.75. The molecule has 0 aliphatic rings. The van der Waals surface area contributed by atoms with Gasteiger partial charge in [-0.05, 0) is 42.8 Å². The van der Waals surface area contributed by atoms with Crippen LogP contribution in [-0.2, 0) is 11.2 Å². The van der Waals surface area contributed by atoms with Crippen molar-refractivity contribution in [2.24, 2.45) is 0 Å². The summed E-state index contributed by atoms with van der Waals surface area (Å²) < 4.78 is 15.7. The average molecular weight is 362 g/mol. The lowest BCUT2D eigenvalue weighted by atomic mass is 10.2. The van der Waals surface area contributed by atoms with Crippen molar-refractivity contribution >= 4 is 33.2 Å². The summed E-state index contributed by atoms with van der Waals surface area (Å²) in [5.41, 5.74) is 2.95. The topological polar surface area (TPSA) is 46.4 Å². The number of anilines is 1. The van der Waals surface area contributed by atoms with Crippen molar-refractivity contribution in [2.75, 3.05) is 5.32 Å². The normalized spacial score (nSPS) is 10.9. The van der Waals surface area contributed by atoms with Gasteiger partial charge in [-0.3, -0.25) is 4.79 Å². The number of nitrogens with one attached hydrogen (secondary N) is 1. The third-order valence-corrected chi connectivity index (χ3v) is 3.76. The Kier molecular flexibility index (Phi) is 3.94. The number of pyridine rings is 1. The number of aromatic nitrogens is 2. The number of halogens is 2. The summed E-state index contributed by atoms with van der Waals surface area (Å²) in [7, 11) is 0. The minimum absolute atomic E-state index is 0.138. The molecule has 1 N–H and O–H groups in total. The number of aryl methyl sites for hydroxylation is 1. The van der Waals surface area contributed by atoms with Crippen LogP contribution in [0.3, 0.4) is 0 Å². The summed E-state index contributed by atoms with van der Waals surface area (Å²) in [5.74, 6) is -0.499. The van der Waals surface area contributed by atoms with Crippen LogP contribution in [0.1, 0.15) is 11.3 Å². The van der Waals surface area contributed by atoms with Gasteiger partial charge in [0, 0.05) is 22.6 Å². The lowest BCUT2D eigenvalue weighted by Gasteiger charge is -2.07. The molecular formula is C16H13BrFN3O. The number of rotatable bonds is 3. The quantitative estimate of drug-likeness (QED) is 0.772. The third kappa shape index (κ3) is 3.17. The van der Waals surface area contributed by atoms with Gasteiger partial charge in [0.25, 0.3) is 0 Å². The van der Waals surface area contributed by atoms with E-state index in [0.29, 0.717) is 11.3 Å². The van der Waals surface area contributed by atoms with Crippen molar-refractivity contribution in [1.29, 1.82) is 0 Å². The van der Waals surface area contributed by atoms with E-state index in [1.807, 2.05) is 25.1 Å². The van der Waals surface area contributed by atoms with E-state index in [2.05, 4.69) is 26.2 Å². The van der Waals surface area contributed by atoms with Crippen molar-refractivity contribution < 1.29 is 9.18 Å². The molecule has 1 aromatic carbocycles. The number of amides is 1. The van der Waals surface area contributed by atoms with Gasteiger partial charge in [0.05, 0.1) is 12.1 Å². The predicted octanol–water partition coefficient (Wildman–Crippen LogP) is 3.73. The van der Waals surface area contributed by atoms with Crippen molar-refractivity contribution in [1.82, 2.24) is 9.38 Å². The molecule has 2 heterocycles. The first-order chi connectivity index (χ1) is 10.5. The van der Waals surface area contributed by atoms with Gasteiger partial charge in [-0.2, -0.15) is 0 Å². The number of carbonyl (C=O) groups excluding carboxylic acids is 1. The molecule has 0 spiro atoms. The van der Waals surface area contributed by atoms with Crippen LogP contribution >= 0.6 is 15.9 Å². The van der Waals surface area contributed by atoms with E-state index >= 15 is 0 Å². The van der Waals surface area contributed by atoms with Crippen LogP contribution in [0.15, 0.2) is 47.2 Å². The molecule has 1 amide bonds. The van der Waals surface area contributed by atoms with Gasteiger partial charge in [0.2, 0.25) is 5.91 Å². The molecule has 0 fully saturated rings. The Hall–Kier alpha value is -2.21. The van der Waals surface area contributed by atoms with E-state index < -0.39 is 0 Å². The minimum Gasteiger partial charge on any atom is -0.326 e. The Labute approximate surface area is 135 Å². The van der Waals surface area contributed by atoms with Crippen LogP contribution < -0.4 is 5.32 Å². The molecule has 0 aliphatic heterocycles. The number of hydrogen-bond acceptors (Lipinski definition) is 2. The molecular weight excluding hydrogens is 349 g/mol. The Bertz CT molecular complexity index is 860. The van der Waals surface area contributed by atoms with E-state index in [0.717, 1.165) is 15.7 Å². The van der Waals surface area contributed by atoms with E-state index in [-0.39, 0.29) is 18.1 Å². The molecule has 0 atom stereocenters. The van der Waals surface area contributed by atoms with Gasteiger partial charge in [-0.15, -0.1) is 0 Å². The van der Waals surface area contributed by atoms with Gasteiger partial charge in [-0.1, -0.05) is 15.9 Å². The number of benzene rings is 1. The van der Waals surface area contributed by atoms with Crippen LogP contribution in [-0.4, -0.2) is 15.3 Å². The molecule has 3 rings (SSSR count). The van der Waals surface area contributed by atoms with Gasteiger partial charge < -0.3 is 9.72 Å². The molecule has 112 valence electrons. The standard InChI is InChI=1S/C16H13BrFN3O/c1-10-6-11(17)2-4-14(10)20-16(22)7-13-9-21-8-12(18)3-5-15(21)19-13/h2-6,8-9H,7H2,1H3,(H,20,22). The number of imidazole rings is 1.